The van der Waals surface area contributed by atoms with Gasteiger partial charge in [-0.3, -0.25) is 20.4 Å². The second-order valence-corrected chi connectivity index (χ2v) is 5.89. The van der Waals surface area contributed by atoms with E-state index < -0.39 is 5.91 Å². The van der Waals surface area contributed by atoms with E-state index in [9.17, 15) is 9.59 Å². The van der Waals surface area contributed by atoms with Gasteiger partial charge in [-0.2, -0.15) is 0 Å². The van der Waals surface area contributed by atoms with Crippen LogP contribution in [0.5, 0.6) is 5.75 Å². The molecule has 0 unspecified atom stereocenters. The van der Waals surface area contributed by atoms with Crippen molar-refractivity contribution in [2.75, 3.05) is 6.61 Å². The predicted molar refractivity (Wildman–Crippen MR) is 99.5 cm³/mol. The van der Waals surface area contributed by atoms with Crippen LogP contribution in [0.15, 0.2) is 60.8 Å². The van der Waals surface area contributed by atoms with E-state index in [-0.39, 0.29) is 19.1 Å². The highest BCUT2D eigenvalue weighted by Crippen LogP contribution is 2.15. The second kappa shape index (κ2) is 8.20. The van der Waals surface area contributed by atoms with Crippen molar-refractivity contribution in [3.8, 4) is 5.75 Å². The monoisotopic (exact) mass is 351 g/mol. The quantitative estimate of drug-likeness (QED) is 0.670. The number of carbonyl (C=O) groups excluding carboxylic acids is 2. The van der Waals surface area contributed by atoms with E-state index in [2.05, 4.69) is 17.8 Å². The summed E-state index contributed by atoms with van der Waals surface area (Å²) >= 11 is 0. The average Bonchev–Trinajstić information content (AvgIpc) is 3.08. The Balaban J connectivity index is 1.46. The average molecular weight is 351 g/mol. The number of amides is 2. The molecule has 0 fully saturated rings. The number of aryl methyl sites for hydroxylation is 1. The van der Waals surface area contributed by atoms with Crippen LogP contribution in [0.3, 0.4) is 0 Å². The Morgan fingerprint density at radius 2 is 1.81 bits per heavy atom. The molecule has 3 rings (SSSR count). The zero-order valence-corrected chi connectivity index (χ0v) is 14.6. The normalized spacial score (nSPS) is 10.5. The Hall–Kier alpha value is -3.28. The van der Waals surface area contributed by atoms with E-state index in [0.29, 0.717) is 5.75 Å². The molecule has 1 heterocycles. The summed E-state index contributed by atoms with van der Waals surface area (Å²) in [7, 11) is 0. The third-order valence-corrected chi connectivity index (χ3v) is 4.01. The number of fused-ring (bicyclic) bond motifs is 1. The first-order chi connectivity index (χ1) is 12.7. The molecule has 0 spiro atoms. The van der Waals surface area contributed by atoms with Gasteiger partial charge in [-0.05, 0) is 41.6 Å². The number of ether oxygens (including phenoxy) is 1. The summed E-state index contributed by atoms with van der Waals surface area (Å²) in [5, 5.41) is 1.06. The number of para-hydroxylation sites is 1. The summed E-state index contributed by atoms with van der Waals surface area (Å²) in [4.78, 5) is 23.9. The largest absolute Gasteiger partial charge is 0.484 e. The molecule has 0 saturated carbocycles. The first-order valence-electron chi connectivity index (χ1n) is 8.49. The zero-order valence-electron chi connectivity index (χ0n) is 14.6. The van der Waals surface area contributed by atoms with Gasteiger partial charge in [-0.15, -0.1) is 0 Å². The third kappa shape index (κ3) is 4.42. The lowest BCUT2D eigenvalue weighted by molar-refractivity contribution is -0.130. The maximum atomic E-state index is 12.0. The number of carbonyl (C=O) groups is 2. The van der Waals surface area contributed by atoms with Crippen molar-refractivity contribution in [1.29, 1.82) is 0 Å². The van der Waals surface area contributed by atoms with Crippen molar-refractivity contribution in [3.63, 3.8) is 0 Å². The second-order valence-electron chi connectivity index (χ2n) is 5.89. The number of aromatic nitrogens is 1. The number of nitrogens with zero attached hydrogens (tertiary/aromatic N) is 1. The number of hydrogen-bond acceptors (Lipinski definition) is 3. The maximum absolute atomic E-state index is 12.0. The molecule has 6 nitrogen and oxygen atoms in total. The molecule has 0 aliphatic heterocycles. The lowest BCUT2D eigenvalue weighted by Crippen LogP contribution is -2.45. The molecule has 0 radical (unpaired) electrons. The summed E-state index contributed by atoms with van der Waals surface area (Å²) in [5.41, 5.74) is 6.87. The van der Waals surface area contributed by atoms with Gasteiger partial charge in [0.2, 0.25) is 0 Å². The molecule has 0 bridgehead atoms. The van der Waals surface area contributed by atoms with E-state index in [1.165, 1.54) is 0 Å². The van der Waals surface area contributed by atoms with Crippen molar-refractivity contribution < 1.29 is 14.3 Å². The molecule has 3 aromatic rings. The van der Waals surface area contributed by atoms with Crippen LogP contribution in [-0.2, 0) is 22.6 Å². The summed E-state index contributed by atoms with van der Waals surface area (Å²) in [6.07, 6.45) is 2.74. The van der Waals surface area contributed by atoms with Crippen LogP contribution >= 0.6 is 0 Å². The number of hydrogen-bond donors (Lipinski definition) is 2. The fourth-order valence-electron chi connectivity index (χ4n) is 2.65. The third-order valence-electron chi connectivity index (χ3n) is 4.01. The predicted octanol–water partition coefficient (Wildman–Crippen LogP) is 2.43. The van der Waals surface area contributed by atoms with Crippen molar-refractivity contribution in [1.82, 2.24) is 15.4 Å². The molecule has 0 aliphatic carbocycles. The Morgan fingerprint density at radius 3 is 2.65 bits per heavy atom. The van der Waals surface area contributed by atoms with Crippen LogP contribution < -0.4 is 15.6 Å². The Bertz CT molecular complexity index is 917. The SMILES string of the molecule is CCc1cccc(OCC(=O)NNC(=O)Cn2ccc3ccccc32)c1. The van der Waals surface area contributed by atoms with Gasteiger partial charge in [0.05, 0.1) is 0 Å². The van der Waals surface area contributed by atoms with Crippen LogP contribution in [-0.4, -0.2) is 23.0 Å². The zero-order chi connectivity index (χ0) is 18.4. The Labute approximate surface area is 151 Å². The van der Waals surface area contributed by atoms with Crippen LogP contribution in [0.25, 0.3) is 10.9 Å². The van der Waals surface area contributed by atoms with E-state index in [0.717, 1.165) is 22.9 Å². The van der Waals surface area contributed by atoms with Gasteiger partial charge in [-0.1, -0.05) is 37.3 Å². The first kappa shape index (κ1) is 17.5. The lowest BCUT2D eigenvalue weighted by Gasteiger charge is -2.10. The standard InChI is InChI=1S/C20H21N3O3/c1-2-15-6-5-8-17(12-15)26-14-20(25)22-21-19(24)13-23-11-10-16-7-3-4-9-18(16)23/h3-12H,2,13-14H2,1H3,(H,21,24)(H,22,25). The van der Waals surface area contributed by atoms with Gasteiger partial charge in [0.25, 0.3) is 11.8 Å². The number of hydrazine groups is 1. The van der Waals surface area contributed by atoms with Crippen LogP contribution in [0.1, 0.15) is 12.5 Å². The molecule has 6 heteroatoms. The van der Waals surface area contributed by atoms with Gasteiger partial charge in [0.15, 0.2) is 6.61 Å². The highest BCUT2D eigenvalue weighted by atomic mass is 16.5. The Kier molecular flexibility index (Phi) is 5.53. The molecular weight excluding hydrogens is 330 g/mol. The minimum absolute atomic E-state index is 0.118. The van der Waals surface area contributed by atoms with Gasteiger partial charge >= 0.3 is 0 Å². The summed E-state index contributed by atoms with van der Waals surface area (Å²) in [6.45, 7) is 2.00. The van der Waals surface area contributed by atoms with Crippen molar-refractivity contribution in [3.05, 3.63) is 66.4 Å². The summed E-state index contributed by atoms with van der Waals surface area (Å²) in [5.74, 6) is -0.102. The molecule has 26 heavy (non-hydrogen) atoms. The fraction of sp³-hybridized carbons (Fsp3) is 0.200. The first-order valence-corrected chi connectivity index (χ1v) is 8.49. The van der Waals surface area contributed by atoms with Crippen molar-refractivity contribution in [2.24, 2.45) is 0 Å². The Morgan fingerprint density at radius 1 is 1.00 bits per heavy atom. The van der Waals surface area contributed by atoms with E-state index in [1.807, 2.05) is 59.3 Å². The summed E-state index contributed by atoms with van der Waals surface area (Å²) in [6, 6.07) is 17.3. The van der Waals surface area contributed by atoms with Crippen molar-refractivity contribution in [2.45, 2.75) is 19.9 Å². The van der Waals surface area contributed by atoms with Crippen molar-refractivity contribution >= 4 is 22.7 Å². The maximum Gasteiger partial charge on any atom is 0.276 e. The summed E-state index contributed by atoms with van der Waals surface area (Å²) < 4.78 is 7.26. The smallest absolute Gasteiger partial charge is 0.276 e. The van der Waals surface area contributed by atoms with Gasteiger partial charge in [0, 0.05) is 11.7 Å². The molecule has 0 aliphatic rings. The minimum Gasteiger partial charge on any atom is -0.484 e. The minimum atomic E-state index is -0.419. The molecule has 0 atom stereocenters. The molecule has 0 saturated heterocycles. The topological polar surface area (TPSA) is 72.4 Å². The van der Waals surface area contributed by atoms with Gasteiger partial charge in [0.1, 0.15) is 12.3 Å². The fourth-order valence-corrected chi connectivity index (χ4v) is 2.65. The van der Waals surface area contributed by atoms with E-state index >= 15 is 0 Å². The molecule has 2 N–H and O–H groups in total. The van der Waals surface area contributed by atoms with Crippen LogP contribution in [0.4, 0.5) is 0 Å². The molecule has 1 aromatic heterocycles. The van der Waals surface area contributed by atoms with Gasteiger partial charge in [-0.25, -0.2) is 0 Å². The van der Waals surface area contributed by atoms with E-state index in [4.69, 9.17) is 4.74 Å². The molecule has 2 amide bonds. The number of benzene rings is 2. The number of nitrogens with one attached hydrogen (secondary N) is 2. The van der Waals surface area contributed by atoms with Crippen LogP contribution in [0, 0.1) is 0 Å². The highest BCUT2D eigenvalue weighted by molar-refractivity contribution is 5.85. The lowest BCUT2D eigenvalue weighted by atomic mass is 10.2. The van der Waals surface area contributed by atoms with E-state index in [1.54, 1.807) is 6.07 Å². The molecular formula is C20H21N3O3. The molecule has 2 aromatic carbocycles. The van der Waals surface area contributed by atoms with Crippen LogP contribution in [0.2, 0.25) is 0 Å². The number of rotatable bonds is 6. The molecule has 134 valence electrons. The van der Waals surface area contributed by atoms with Gasteiger partial charge < -0.3 is 9.30 Å². The highest BCUT2D eigenvalue weighted by Gasteiger charge is 2.08.